The van der Waals surface area contributed by atoms with E-state index in [4.69, 9.17) is 11.6 Å². The van der Waals surface area contributed by atoms with Crippen LogP contribution < -0.4 is 10.0 Å². The maximum absolute atomic E-state index is 11.4. The molecule has 0 aliphatic heterocycles. The second-order valence-electron chi connectivity index (χ2n) is 3.83. The molecule has 7 nitrogen and oxygen atoms in total. The minimum atomic E-state index is -3.23. The van der Waals surface area contributed by atoms with E-state index in [1.165, 1.54) is 4.52 Å². The van der Waals surface area contributed by atoms with Crippen LogP contribution in [-0.2, 0) is 10.0 Å². The smallest absolute Gasteiger partial charge is 0.243 e. The summed E-state index contributed by atoms with van der Waals surface area (Å²) in [5.41, 5.74) is 0.640. The van der Waals surface area contributed by atoms with Crippen LogP contribution in [0, 0.1) is 0 Å². The third-order valence-corrected chi connectivity index (χ3v) is 4.01. The van der Waals surface area contributed by atoms with Gasteiger partial charge >= 0.3 is 0 Å². The highest BCUT2D eigenvalue weighted by atomic mass is 35.5. The lowest BCUT2D eigenvalue weighted by molar-refractivity contribution is 0.584. The van der Waals surface area contributed by atoms with E-state index in [0.717, 1.165) is 0 Å². The molecule has 0 amide bonds. The Bertz CT molecular complexity index is 670. The molecular weight excluding hydrogens is 290 g/mol. The summed E-state index contributed by atoms with van der Waals surface area (Å²) >= 11 is 5.83. The van der Waals surface area contributed by atoms with Gasteiger partial charge in [0, 0.05) is 19.3 Å². The van der Waals surface area contributed by atoms with Crippen LogP contribution in [0.2, 0.25) is 5.02 Å². The van der Waals surface area contributed by atoms with Crippen LogP contribution in [0.4, 0.5) is 5.95 Å². The number of fused-ring (bicyclic) bond motifs is 1. The maximum atomic E-state index is 11.4. The first-order valence-corrected chi connectivity index (χ1v) is 7.76. The number of sulfonamides is 1. The first kappa shape index (κ1) is 14.0. The Labute approximate surface area is 116 Å². The highest BCUT2D eigenvalue weighted by Crippen LogP contribution is 2.11. The summed E-state index contributed by atoms with van der Waals surface area (Å²) in [6.45, 7) is 2.35. The van der Waals surface area contributed by atoms with E-state index in [-0.39, 0.29) is 12.3 Å². The molecule has 0 fully saturated rings. The van der Waals surface area contributed by atoms with Crippen molar-refractivity contribution in [2.75, 3.05) is 24.2 Å². The molecule has 2 heterocycles. The molecule has 2 aromatic heterocycles. The van der Waals surface area contributed by atoms with Gasteiger partial charge < -0.3 is 5.32 Å². The fourth-order valence-electron chi connectivity index (χ4n) is 1.52. The summed E-state index contributed by atoms with van der Waals surface area (Å²) in [7, 11) is -3.23. The van der Waals surface area contributed by atoms with E-state index in [1.807, 2.05) is 0 Å². The summed E-state index contributed by atoms with van der Waals surface area (Å²) in [6.07, 6.45) is 1.63. The molecule has 0 bridgehead atoms. The van der Waals surface area contributed by atoms with Gasteiger partial charge in [-0.3, -0.25) is 0 Å². The van der Waals surface area contributed by atoms with Gasteiger partial charge in [0.2, 0.25) is 16.0 Å². The van der Waals surface area contributed by atoms with Gasteiger partial charge in [-0.2, -0.15) is 4.98 Å². The molecule has 0 atom stereocenters. The fourth-order valence-corrected chi connectivity index (χ4v) is 2.63. The fraction of sp³-hybridized carbons (Fsp3) is 0.400. The number of hydrogen-bond acceptors (Lipinski definition) is 5. The Morgan fingerprint density at radius 2 is 2.21 bits per heavy atom. The van der Waals surface area contributed by atoms with Crippen LogP contribution >= 0.6 is 11.6 Å². The number of nitrogens with zero attached hydrogens (tertiary/aromatic N) is 3. The van der Waals surface area contributed by atoms with Crippen molar-refractivity contribution in [2.45, 2.75) is 6.92 Å². The standard InChI is InChI=1S/C10H14ClN5O2S/c1-2-13-19(17,18)6-5-12-10-14-9-4-3-8(11)7-16(9)15-10/h3-4,7,13H,2,5-6H2,1H3,(H,12,15). The second kappa shape index (κ2) is 5.72. The number of anilines is 1. The zero-order chi connectivity index (χ0) is 13.9. The van der Waals surface area contributed by atoms with Crippen LogP contribution in [0.25, 0.3) is 5.65 Å². The van der Waals surface area contributed by atoms with Gasteiger partial charge in [0.25, 0.3) is 0 Å². The highest BCUT2D eigenvalue weighted by molar-refractivity contribution is 7.89. The van der Waals surface area contributed by atoms with Crippen LogP contribution in [0.5, 0.6) is 0 Å². The van der Waals surface area contributed by atoms with Crippen LogP contribution in [0.15, 0.2) is 18.3 Å². The Hall–Kier alpha value is -1.38. The predicted octanol–water partition coefficient (Wildman–Crippen LogP) is 0.734. The average molecular weight is 304 g/mol. The van der Waals surface area contributed by atoms with Gasteiger partial charge in [0.15, 0.2) is 5.65 Å². The summed E-state index contributed by atoms with van der Waals surface area (Å²) in [6, 6.07) is 3.45. The Morgan fingerprint density at radius 3 is 2.95 bits per heavy atom. The third kappa shape index (κ3) is 3.79. The van der Waals surface area contributed by atoms with E-state index in [0.29, 0.717) is 23.2 Å². The molecule has 9 heteroatoms. The largest absolute Gasteiger partial charge is 0.352 e. The van der Waals surface area contributed by atoms with E-state index in [1.54, 1.807) is 25.3 Å². The maximum Gasteiger partial charge on any atom is 0.243 e. The zero-order valence-corrected chi connectivity index (χ0v) is 11.9. The predicted molar refractivity (Wildman–Crippen MR) is 74.0 cm³/mol. The minimum Gasteiger partial charge on any atom is -0.352 e. The molecule has 0 aliphatic carbocycles. The number of aromatic nitrogens is 3. The quantitative estimate of drug-likeness (QED) is 0.821. The topological polar surface area (TPSA) is 88.4 Å². The Balaban J connectivity index is 1.99. The van der Waals surface area contributed by atoms with Crippen LogP contribution in [0.1, 0.15) is 6.92 Å². The summed E-state index contributed by atoms with van der Waals surface area (Å²) in [4.78, 5) is 4.19. The van der Waals surface area contributed by atoms with Gasteiger partial charge in [0.05, 0.1) is 10.8 Å². The van der Waals surface area contributed by atoms with Crippen molar-refractivity contribution < 1.29 is 8.42 Å². The Kier molecular flexibility index (Phi) is 4.23. The number of rotatable bonds is 6. The molecule has 104 valence electrons. The van der Waals surface area contributed by atoms with E-state index >= 15 is 0 Å². The van der Waals surface area contributed by atoms with E-state index < -0.39 is 10.0 Å². The molecule has 19 heavy (non-hydrogen) atoms. The lowest BCUT2D eigenvalue weighted by Gasteiger charge is -2.04. The van der Waals surface area contributed by atoms with Gasteiger partial charge in [0.1, 0.15) is 0 Å². The minimum absolute atomic E-state index is 0.0306. The molecule has 2 rings (SSSR count). The molecule has 0 spiro atoms. The van der Waals surface area contributed by atoms with Crippen LogP contribution in [-0.4, -0.2) is 41.9 Å². The first-order chi connectivity index (χ1) is 9.00. The van der Waals surface area contributed by atoms with Crippen molar-refractivity contribution in [3.63, 3.8) is 0 Å². The number of hydrogen-bond donors (Lipinski definition) is 2. The monoisotopic (exact) mass is 303 g/mol. The summed E-state index contributed by atoms with van der Waals surface area (Å²) in [5, 5.41) is 7.55. The molecule has 2 N–H and O–H groups in total. The molecule has 0 saturated heterocycles. The number of halogens is 1. The average Bonchev–Trinajstić information content (AvgIpc) is 2.70. The molecule has 0 saturated carbocycles. The number of nitrogens with one attached hydrogen (secondary N) is 2. The van der Waals surface area contributed by atoms with Crippen molar-refractivity contribution in [1.82, 2.24) is 19.3 Å². The highest BCUT2D eigenvalue weighted by Gasteiger charge is 2.09. The lowest BCUT2D eigenvalue weighted by atomic mass is 10.5. The molecule has 0 unspecified atom stereocenters. The van der Waals surface area contributed by atoms with Crippen molar-refractivity contribution in [2.24, 2.45) is 0 Å². The van der Waals surface area contributed by atoms with Gasteiger partial charge in [-0.1, -0.05) is 18.5 Å². The zero-order valence-electron chi connectivity index (χ0n) is 10.3. The van der Waals surface area contributed by atoms with E-state index in [9.17, 15) is 8.42 Å². The first-order valence-electron chi connectivity index (χ1n) is 5.73. The normalized spacial score (nSPS) is 11.9. The SMILES string of the molecule is CCNS(=O)(=O)CCNc1nc2ccc(Cl)cn2n1. The summed E-state index contributed by atoms with van der Waals surface area (Å²) in [5.74, 6) is 0.339. The van der Waals surface area contributed by atoms with Crippen molar-refractivity contribution in [3.05, 3.63) is 23.4 Å². The Morgan fingerprint density at radius 1 is 1.42 bits per heavy atom. The summed E-state index contributed by atoms with van der Waals surface area (Å²) < 4.78 is 26.8. The molecule has 2 aromatic rings. The number of pyridine rings is 1. The van der Waals surface area contributed by atoms with Gasteiger partial charge in [-0.05, 0) is 12.1 Å². The van der Waals surface area contributed by atoms with E-state index in [2.05, 4.69) is 20.1 Å². The molecule has 0 aliphatic rings. The molecule has 0 aromatic carbocycles. The van der Waals surface area contributed by atoms with Crippen molar-refractivity contribution in [1.29, 1.82) is 0 Å². The second-order valence-corrected chi connectivity index (χ2v) is 6.19. The van der Waals surface area contributed by atoms with Gasteiger partial charge in [-0.15, -0.1) is 5.10 Å². The van der Waals surface area contributed by atoms with Crippen molar-refractivity contribution in [3.8, 4) is 0 Å². The molecule has 0 radical (unpaired) electrons. The molecular formula is C10H14ClN5O2S. The third-order valence-electron chi connectivity index (χ3n) is 2.31. The van der Waals surface area contributed by atoms with Crippen molar-refractivity contribution >= 4 is 33.2 Å². The van der Waals surface area contributed by atoms with Crippen LogP contribution in [0.3, 0.4) is 0 Å². The van der Waals surface area contributed by atoms with Gasteiger partial charge in [-0.25, -0.2) is 17.7 Å². The lowest BCUT2D eigenvalue weighted by Crippen LogP contribution is -2.29.